The van der Waals surface area contributed by atoms with Crippen molar-refractivity contribution in [1.29, 1.82) is 0 Å². The fourth-order valence-corrected chi connectivity index (χ4v) is 3.74. The van der Waals surface area contributed by atoms with Gasteiger partial charge in [0.25, 0.3) is 0 Å². The van der Waals surface area contributed by atoms with Crippen molar-refractivity contribution in [2.45, 2.75) is 46.1 Å². The van der Waals surface area contributed by atoms with E-state index in [9.17, 15) is 4.79 Å². The number of hydrogen-bond acceptors (Lipinski definition) is 3. The van der Waals surface area contributed by atoms with Crippen molar-refractivity contribution in [3.8, 4) is 5.75 Å². The van der Waals surface area contributed by atoms with E-state index in [4.69, 9.17) is 9.15 Å². The van der Waals surface area contributed by atoms with Crippen LogP contribution in [0.3, 0.4) is 0 Å². The van der Waals surface area contributed by atoms with Crippen LogP contribution in [0.15, 0.2) is 45.6 Å². The van der Waals surface area contributed by atoms with Gasteiger partial charge in [-0.15, -0.1) is 0 Å². The lowest BCUT2D eigenvalue weighted by atomic mass is 9.90. The molecule has 1 heterocycles. The van der Waals surface area contributed by atoms with Gasteiger partial charge in [0.15, 0.2) is 0 Å². The fourth-order valence-electron chi connectivity index (χ4n) is 3.74. The first kappa shape index (κ1) is 15.9. The molecule has 0 bridgehead atoms. The molecule has 0 saturated heterocycles. The standard InChI is InChI=1S/C22H22O3/c1-14-6-5-7-16(10-14)13-24-19-11-15(2)12-20-21(19)17-8-3-4-9-18(17)22(23)25-20/h5-7,10-12H,3-4,8-9,13H2,1-2H3. The molecule has 4 rings (SSSR count). The van der Waals surface area contributed by atoms with Crippen molar-refractivity contribution in [2.75, 3.05) is 0 Å². The summed E-state index contributed by atoms with van der Waals surface area (Å²) >= 11 is 0. The summed E-state index contributed by atoms with van der Waals surface area (Å²) in [6.45, 7) is 4.59. The van der Waals surface area contributed by atoms with E-state index in [2.05, 4.69) is 25.1 Å². The van der Waals surface area contributed by atoms with Gasteiger partial charge in [0.05, 0.1) is 5.39 Å². The first-order valence-electron chi connectivity index (χ1n) is 8.89. The maximum atomic E-state index is 12.3. The molecule has 3 heteroatoms. The minimum absolute atomic E-state index is 0.183. The molecular weight excluding hydrogens is 312 g/mol. The highest BCUT2D eigenvalue weighted by Gasteiger charge is 2.21. The van der Waals surface area contributed by atoms with Crippen LogP contribution in [0.2, 0.25) is 0 Å². The summed E-state index contributed by atoms with van der Waals surface area (Å²) in [6, 6.07) is 12.3. The van der Waals surface area contributed by atoms with Crippen molar-refractivity contribution < 1.29 is 9.15 Å². The van der Waals surface area contributed by atoms with E-state index < -0.39 is 0 Å². The van der Waals surface area contributed by atoms with Crippen LogP contribution in [-0.2, 0) is 19.4 Å². The van der Waals surface area contributed by atoms with Crippen LogP contribution in [-0.4, -0.2) is 0 Å². The summed E-state index contributed by atoms with van der Waals surface area (Å²) in [5.74, 6) is 0.818. The third kappa shape index (κ3) is 3.07. The molecular formula is C22H22O3. The topological polar surface area (TPSA) is 39.4 Å². The van der Waals surface area contributed by atoms with Crippen LogP contribution in [0.4, 0.5) is 0 Å². The van der Waals surface area contributed by atoms with Gasteiger partial charge in [0, 0.05) is 5.56 Å². The minimum atomic E-state index is -0.183. The predicted molar refractivity (Wildman–Crippen MR) is 99.4 cm³/mol. The molecule has 1 aromatic heterocycles. The molecule has 0 unspecified atom stereocenters. The molecule has 0 amide bonds. The predicted octanol–water partition coefficient (Wildman–Crippen LogP) is 4.87. The highest BCUT2D eigenvalue weighted by molar-refractivity contribution is 5.88. The number of hydrogen-bond donors (Lipinski definition) is 0. The lowest BCUT2D eigenvalue weighted by molar-refractivity contribution is 0.309. The highest BCUT2D eigenvalue weighted by atomic mass is 16.5. The molecule has 2 aromatic carbocycles. The second-order valence-corrected chi connectivity index (χ2v) is 6.97. The molecule has 0 atom stereocenters. The van der Waals surface area contributed by atoms with Gasteiger partial charge in [-0.2, -0.15) is 0 Å². The molecule has 0 aliphatic heterocycles. The SMILES string of the molecule is Cc1cccc(COc2cc(C)cc3oc(=O)c4c(c23)CCCC4)c1. The Morgan fingerprint density at radius 3 is 2.60 bits per heavy atom. The van der Waals surface area contributed by atoms with Crippen LogP contribution in [0.25, 0.3) is 11.0 Å². The van der Waals surface area contributed by atoms with Crippen LogP contribution < -0.4 is 10.4 Å². The molecule has 3 aromatic rings. The average molecular weight is 334 g/mol. The van der Waals surface area contributed by atoms with Crippen molar-refractivity contribution >= 4 is 11.0 Å². The fraction of sp³-hybridized carbons (Fsp3) is 0.318. The second-order valence-electron chi connectivity index (χ2n) is 6.97. The van der Waals surface area contributed by atoms with E-state index in [-0.39, 0.29) is 5.63 Å². The van der Waals surface area contributed by atoms with Crippen molar-refractivity contribution in [3.05, 3.63) is 74.6 Å². The third-order valence-corrected chi connectivity index (χ3v) is 4.91. The van der Waals surface area contributed by atoms with Crippen LogP contribution >= 0.6 is 0 Å². The first-order chi connectivity index (χ1) is 12.1. The molecule has 1 aliphatic carbocycles. The lowest BCUT2D eigenvalue weighted by Gasteiger charge is -2.19. The van der Waals surface area contributed by atoms with Crippen molar-refractivity contribution in [3.63, 3.8) is 0 Å². The molecule has 0 saturated carbocycles. The molecule has 3 nitrogen and oxygen atoms in total. The van der Waals surface area contributed by atoms with E-state index in [0.29, 0.717) is 12.2 Å². The summed E-state index contributed by atoms with van der Waals surface area (Å²) in [5.41, 5.74) is 5.81. The Labute approximate surface area is 147 Å². The lowest BCUT2D eigenvalue weighted by Crippen LogP contribution is -2.16. The van der Waals surface area contributed by atoms with Crippen molar-refractivity contribution in [2.24, 2.45) is 0 Å². The van der Waals surface area contributed by atoms with Gasteiger partial charge in [0.2, 0.25) is 0 Å². The molecule has 1 aliphatic rings. The van der Waals surface area contributed by atoms with Gasteiger partial charge in [-0.05, 0) is 68.4 Å². The maximum absolute atomic E-state index is 12.3. The molecule has 0 fully saturated rings. The van der Waals surface area contributed by atoms with E-state index in [1.165, 1.54) is 5.56 Å². The van der Waals surface area contributed by atoms with Gasteiger partial charge in [-0.3, -0.25) is 0 Å². The first-order valence-corrected chi connectivity index (χ1v) is 8.89. The molecule has 0 spiro atoms. The Bertz CT molecular complexity index is 998. The average Bonchev–Trinajstić information content (AvgIpc) is 2.59. The van der Waals surface area contributed by atoms with Crippen molar-refractivity contribution in [1.82, 2.24) is 0 Å². The largest absolute Gasteiger partial charge is 0.488 e. The molecule has 128 valence electrons. The van der Waals surface area contributed by atoms with E-state index in [1.807, 2.05) is 25.1 Å². The number of benzene rings is 2. The van der Waals surface area contributed by atoms with E-state index in [0.717, 1.165) is 59.1 Å². The van der Waals surface area contributed by atoms with Crippen LogP contribution in [0.5, 0.6) is 5.75 Å². The second kappa shape index (κ2) is 6.40. The van der Waals surface area contributed by atoms with Gasteiger partial charge in [-0.1, -0.05) is 29.8 Å². The smallest absolute Gasteiger partial charge is 0.339 e. The summed E-state index contributed by atoms with van der Waals surface area (Å²) in [6.07, 6.45) is 3.88. The van der Waals surface area contributed by atoms with Gasteiger partial charge >= 0.3 is 5.63 Å². The molecule has 0 radical (unpaired) electrons. The van der Waals surface area contributed by atoms with Crippen LogP contribution in [0, 0.1) is 13.8 Å². The van der Waals surface area contributed by atoms with E-state index >= 15 is 0 Å². The van der Waals surface area contributed by atoms with Gasteiger partial charge < -0.3 is 9.15 Å². The zero-order chi connectivity index (χ0) is 17.4. The highest BCUT2D eigenvalue weighted by Crippen LogP contribution is 2.35. The number of rotatable bonds is 3. The van der Waals surface area contributed by atoms with Crippen LogP contribution in [0.1, 0.15) is 40.7 Å². The Balaban J connectivity index is 1.81. The Morgan fingerprint density at radius 1 is 1.00 bits per heavy atom. The number of ether oxygens (including phenoxy) is 1. The summed E-state index contributed by atoms with van der Waals surface area (Å²) < 4.78 is 11.8. The normalized spacial score (nSPS) is 13.7. The monoisotopic (exact) mass is 334 g/mol. The van der Waals surface area contributed by atoms with E-state index in [1.54, 1.807) is 0 Å². The Hall–Kier alpha value is -2.55. The Morgan fingerprint density at radius 2 is 1.80 bits per heavy atom. The maximum Gasteiger partial charge on any atom is 0.339 e. The molecule has 25 heavy (non-hydrogen) atoms. The summed E-state index contributed by atoms with van der Waals surface area (Å²) in [4.78, 5) is 12.3. The zero-order valence-corrected chi connectivity index (χ0v) is 14.7. The number of fused-ring (bicyclic) bond motifs is 3. The molecule has 0 N–H and O–H groups in total. The summed E-state index contributed by atoms with van der Waals surface area (Å²) in [5, 5.41) is 0.979. The Kier molecular flexibility index (Phi) is 4.08. The van der Waals surface area contributed by atoms with Gasteiger partial charge in [-0.25, -0.2) is 4.79 Å². The number of aryl methyl sites for hydroxylation is 3. The quantitative estimate of drug-likeness (QED) is 0.642. The third-order valence-electron chi connectivity index (χ3n) is 4.91. The van der Waals surface area contributed by atoms with Gasteiger partial charge in [0.1, 0.15) is 17.9 Å². The summed E-state index contributed by atoms with van der Waals surface area (Å²) in [7, 11) is 0. The minimum Gasteiger partial charge on any atom is -0.488 e. The zero-order valence-electron chi connectivity index (χ0n) is 14.7.